The lowest BCUT2D eigenvalue weighted by Crippen LogP contribution is -2.61. The van der Waals surface area contributed by atoms with Crippen molar-refractivity contribution < 1.29 is 48.0 Å². The van der Waals surface area contributed by atoms with E-state index >= 15 is 0 Å². The zero-order chi connectivity index (χ0) is 112. The average molecular weight is 1530 g/mol. The van der Waals surface area contributed by atoms with Crippen molar-refractivity contribution >= 4 is 79.0 Å². The molecule has 0 saturated carbocycles. The number of rotatable bonds is 9. The molecular formula is C110H116BN3. The minimum absolute atomic E-state index is 0.00630. The van der Waals surface area contributed by atoms with E-state index in [1.165, 1.54) is 58.3 Å². The normalized spacial score (nSPS) is 17.9. The minimum atomic E-state index is -1.61. The van der Waals surface area contributed by atoms with Crippen LogP contribution in [0.4, 0.5) is 34.1 Å². The molecule has 114 heavy (non-hydrogen) atoms. The first kappa shape index (κ1) is 46.0. The van der Waals surface area contributed by atoms with E-state index in [1.807, 2.05) is 0 Å². The number of benzene rings is 13. The van der Waals surface area contributed by atoms with Crippen molar-refractivity contribution in [3.63, 3.8) is 0 Å². The Morgan fingerprint density at radius 1 is 0.263 bits per heavy atom. The number of para-hydroxylation sites is 2. The summed E-state index contributed by atoms with van der Waals surface area (Å²) in [6.45, 7) is 39.8. The number of nitrogens with zero attached hydrogens (tertiary/aromatic N) is 3. The summed E-state index contributed by atoms with van der Waals surface area (Å²) in [5.74, 6) is 0. The van der Waals surface area contributed by atoms with Crippen LogP contribution in [0.1, 0.15) is 259 Å². The summed E-state index contributed by atoms with van der Waals surface area (Å²) in [5, 5.41) is -0.986. The number of fused-ring (bicyclic) bond motifs is 7. The van der Waals surface area contributed by atoms with E-state index in [-0.39, 0.29) is 135 Å². The molecule has 0 amide bonds. The van der Waals surface area contributed by atoms with Crippen LogP contribution in [-0.4, -0.2) is 11.3 Å². The molecule has 0 aliphatic carbocycles. The lowest BCUT2D eigenvalue weighted by Gasteiger charge is -2.46. The molecule has 574 valence electrons. The number of aromatic nitrogens is 1. The van der Waals surface area contributed by atoms with Crippen molar-refractivity contribution in [3.05, 3.63) is 311 Å². The molecule has 4 heteroatoms. The number of hydrogen-bond acceptors (Lipinski definition) is 2. The first-order valence-corrected chi connectivity index (χ1v) is 38.8. The van der Waals surface area contributed by atoms with Crippen LogP contribution < -0.4 is 26.2 Å². The highest BCUT2D eigenvalue weighted by Crippen LogP contribution is 2.58. The van der Waals surface area contributed by atoms with Crippen molar-refractivity contribution in [3.8, 4) is 72.4 Å². The summed E-state index contributed by atoms with van der Waals surface area (Å²) in [5.41, 5.74) is -18.6. The summed E-state index contributed by atoms with van der Waals surface area (Å²) in [4.78, 5) is 2.93. The van der Waals surface area contributed by atoms with E-state index in [0.29, 0.717) is 0 Å². The smallest absolute Gasteiger partial charge is 0.252 e. The molecule has 0 fully saturated rings. The van der Waals surface area contributed by atoms with Crippen molar-refractivity contribution in [1.29, 1.82) is 0 Å². The summed E-state index contributed by atoms with van der Waals surface area (Å²) in [6.07, 6.45) is 0. The van der Waals surface area contributed by atoms with Gasteiger partial charge in [0.1, 0.15) is 0 Å². The molecule has 2 aliphatic rings. The van der Waals surface area contributed by atoms with Crippen LogP contribution in [0.15, 0.2) is 266 Å². The van der Waals surface area contributed by atoms with Gasteiger partial charge in [-0.15, -0.1) is 0 Å². The molecule has 13 aromatic carbocycles. The van der Waals surface area contributed by atoms with Gasteiger partial charge in [0.2, 0.25) is 0 Å². The van der Waals surface area contributed by atoms with Crippen LogP contribution in [0, 0.1) is 0 Å². The maximum atomic E-state index is 11.8. The topological polar surface area (TPSA) is 11.4 Å². The Labute approximate surface area is 731 Å². The monoisotopic (exact) mass is 1530 g/mol. The maximum absolute atomic E-state index is 11.8. The SMILES string of the molecule is [2H]c1cc(-c2c([2H])c(C(C)(C)C)c([2H])c(-c3c(C(C)(C)C)c([2H])c([2H])c([2H])c3C(C)(C)C)c2N2c3cc(-c4c([2H])c([2H])c([2H])c([2H])c4[2H])ccc3B3c4ccc(-c5c([2H])c([2H])c([2H])c([2H])c5[2H])cc4N(c4c(-c5c([2H])c([2H])c(C(C)(C)C)c([2H])c5[2H])c([2H])c(C(C)(C)C)c([2H])c4-c4c([2H])c([2H])c(C(C)(C)C)c([2H])c4C(C)(C)C)c4cc(-n5c6c([2H])c([2H])c([2H])c([2H])c6c6c([2H])c([2H])c([2H])c([2H])c65)cc2c43)c([2H])c([2H])c1C(C)(C)C. The molecule has 0 N–H and O–H groups in total. The highest BCUT2D eigenvalue weighted by molar-refractivity contribution is 7.00. The average Bonchev–Trinajstić information content (AvgIpc) is 1.58. The van der Waals surface area contributed by atoms with Crippen molar-refractivity contribution in [2.24, 2.45) is 0 Å². The second-order valence-electron chi connectivity index (χ2n) is 38.4. The van der Waals surface area contributed by atoms with E-state index in [2.05, 4.69) is 0 Å². The largest absolute Gasteiger partial charge is 0.310 e. The number of hydrogen-bond donors (Lipinski definition) is 0. The fourth-order valence-corrected chi connectivity index (χ4v) is 15.4. The molecule has 0 atom stereocenters. The van der Waals surface area contributed by atoms with Gasteiger partial charge in [0.15, 0.2) is 0 Å². The zero-order valence-corrected chi connectivity index (χ0v) is 69.6. The van der Waals surface area contributed by atoms with Crippen LogP contribution in [0.5, 0.6) is 0 Å². The zero-order valence-electron chi connectivity index (χ0n) is 105. The molecule has 3 heterocycles. The van der Waals surface area contributed by atoms with Gasteiger partial charge in [0.25, 0.3) is 6.71 Å². The molecule has 0 spiro atoms. The van der Waals surface area contributed by atoms with Gasteiger partial charge in [0, 0.05) is 55.8 Å². The summed E-state index contributed by atoms with van der Waals surface area (Å²) in [7, 11) is 0. The van der Waals surface area contributed by atoms with Crippen LogP contribution in [0.3, 0.4) is 0 Å². The van der Waals surface area contributed by atoms with Crippen LogP contribution >= 0.6 is 0 Å². The summed E-state index contributed by atoms with van der Waals surface area (Å²) in [6, 6.07) is -11.5. The minimum Gasteiger partial charge on any atom is -0.310 e. The predicted molar refractivity (Wildman–Crippen MR) is 497 cm³/mol. The molecule has 0 radical (unpaired) electrons. The van der Waals surface area contributed by atoms with Gasteiger partial charge in [-0.05, 0) is 209 Å². The Hall–Kier alpha value is -10.7. The molecule has 3 nitrogen and oxygen atoms in total. The number of anilines is 6. The third kappa shape index (κ3) is 13.8. The third-order valence-electron chi connectivity index (χ3n) is 21.3. The molecule has 14 aromatic rings. The highest BCUT2D eigenvalue weighted by Gasteiger charge is 2.47. The van der Waals surface area contributed by atoms with E-state index in [4.69, 9.17) is 2.74 Å². The van der Waals surface area contributed by atoms with Gasteiger partial charge < -0.3 is 14.4 Å². The van der Waals surface area contributed by atoms with Gasteiger partial charge in [-0.3, -0.25) is 0 Å². The standard InChI is InChI=1S/C110H116BN3/c1-103(2,3)75-52-46-71(47-53-75)84-62-78(106(10,11)12)64-86(81-57-56-77(105(7,8)9)66-90(81)110(22,23)24)101(84)113-95-60-73(69-36-27-25-28-37-69)50-58-91(95)111-92-59-51-74(70-38-29-26-30-39-70)61-96(92)114(98-68-80(67-97(113)100(98)111)112-93-44-33-31-40-82(93)83-41-32-34-45-94(83)112)102-85(72-48-54-76(55-49-72)104(4,5)6)63-79(107(13,14)15)65-87(102)99-88(108(16,17)18)42-35-43-89(99)109(19,20)21/h25-68H,1-24H3/i25D,26D,27D,28D,29D,30D,31D,32D,33D,34D,35D,36D,37D,38D,39D,40D,41D,42D,43D,44D,45D,46D,47D,48D,52D,53D,54D,55D,56D,57D,62D,63D,64D,65D,66D. The van der Waals surface area contributed by atoms with Crippen molar-refractivity contribution in [1.82, 2.24) is 4.57 Å². The van der Waals surface area contributed by atoms with Gasteiger partial charge >= 0.3 is 0 Å². The first-order valence-electron chi connectivity index (χ1n) is 56.3. The fraction of sp³-hybridized carbons (Fsp3) is 0.291. The lowest BCUT2D eigenvalue weighted by molar-refractivity contribution is 0.569. The predicted octanol–water partition coefficient (Wildman–Crippen LogP) is 29.2. The second kappa shape index (κ2) is 27.5. The van der Waals surface area contributed by atoms with Crippen LogP contribution in [0.25, 0.3) is 94.3 Å². The van der Waals surface area contributed by atoms with E-state index in [0.717, 1.165) is 4.57 Å². The van der Waals surface area contributed by atoms with E-state index < -0.39 is 316 Å². The lowest BCUT2D eigenvalue weighted by atomic mass is 9.33. The molecule has 0 saturated heterocycles. The van der Waals surface area contributed by atoms with E-state index in [9.17, 15) is 45.2 Å². The Kier molecular flexibility index (Phi) is 11.1. The molecular weight excluding hydrogens is 1370 g/mol. The molecule has 2 aliphatic heterocycles. The highest BCUT2D eigenvalue weighted by atomic mass is 15.2. The summed E-state index contributed by atoms with van der Waals surface area (Å²) >= 11 is 0. The van der Waals surface area contributed by atoms with Crippen molar-refractivity contribution in [2.45, 2.75) is 209 Å². The fourth-order valence-electron chi connectivity index (χ4n) is 15.4. The van der Waals surface area contributed by atoms with Crippen LogP contribution in [0.2, 0.25) is 0 Å². The van der Waals surface area contributed by atoms with Crippen molar-refractivity contribution in [2.75, 3.05) is 9.80 Å². The summed E-state index contributed by atoms with van der Waals surface area (Å²) < 4.78 is 362. The van der Waals surface area contributed by atoms with Gasteiger partial charge in [0.05, 0.1) is 76.1 Å². The Bertz CT molecular complexity index is 8140. The Morgan fingerprint density at radius 2 is 0.658 bits per heavy atom. The molecule has 0 bridgehead atoms. The van der Waals surface area contributed by atoms with Gasteiger partial charge in [-0.1, -0.05) is 372 Å². The quantitative estimate of drug-likeness (QED) is 0.133. The first-order chi connectivity index (χ1) is 68.2. The van der Waals surface area contributed by atoms with E-state index in [1.54, 1.807) is 172 Å². The third-order valence-corrected chi connectivity index (χ3v) is 21.3. The Balaban J connectivity index is 1.36. The maximum Gasteiger partial charge on any atom is 0.252 e. The van der Waals surface area contributed by atoms with Crippen LogP contribution in [-0.2, 0) is 43.3 Å². The molecule has 16 rings (SSSR count). The Morgan fingerprint density at radius 3 is 1.11 bits per heavy atom. The molecule has 1 aromatic heterocycles. The second-order valence-corrected chi connectivity index (χ2v) is 38.4. The van der Waals surface area contributed by atoms with Gasteiger partial charge in [-0.25, -0.2) is 0 Å². The molecule has 0 unspecified atom stereocenters. The van der Waals surface area contributed by atoms with Gasteiger partial charge in [-0.2, -0.15) is 0 Å².